The second kappa shape index (κ2) is 6.51. The van der Waals surface area contributed by atoms with Crippen LogP contribution in [0.15, 0.2) is 30.3 Å². The zero-order chi connectivity index (χ0) is 10.6. The van der Waals surface area contributed by atoms with E-state index in [1.165, 1.54) is 12.1 Å². The molecule has 0 aliphatic heterocycles. The Labute approximate surface area is 128 Å². The molecule has 0 spiro atoms. The van der Waals surface area contributed by atoms with Crippen LogP contribution in [0.1, 0.15) is 10.4 Å². The summed E-state index contributed by atoms with van der Waals surface area (Å²) in [5, 5.41) is 0. The van der Waals surface area contributed by atoms with Crippen LogP contribution in [-0.4, -0.2) is 12.8 Å². The van der Waals surface area contributed by atoms with Crippen molar-refractivity contribution < 1.29 is 69.1 Å². The van der Waals surface area contributed by atoms with E-state index in [4.69, 9.17) is 0 Å². The Morgan fingerprint density at radius 3 is 2.13 bits per heavy atom. The monoisotopic (exact) mass is 236 g/mol. The fourth-order valence-electron chi connectivity index (χ4n) is 0.809. The average Bonchev–Trinajstić information content (AvgIpc) is 2.14. The summed E-state index contributed by atoms with van der Waals surface area (Å²) in [6, 6.07) is 7.62. The summed E-state index contributed by atoms with van der Waals surface area (Å²) < 4.78 is 35.0. The number of carbonyl (C=O) groups excluding carboxylic acids is 1. The summed E-state index contributed by atoms with van der Waals surface area (Å²) in [6.07, 6.45) is 0. The molecule has 1 nitrogen and oxygen atoms in total. The molecule has 72 valence electrons. The molecular formula is C9H5BF3KO. The van der Waals surface area contributed by atoms with E-state index in [1.54, 1.807) is 24.1 Å². The molecule has 15 heavy (non-hydrogen) atoms. The van der Waals surface area contributed by atoms with Gasteiger partial charge in [-0.15, -0.1) is 0 Å². The van der Waals surface area contributed by atoms with Crippen molar-refractivity contribution in [1.82, 2.24) is 0 Å². The third-order valence-corrected chi connectivity index (χ3v) is 1.39. The SMILES string of the molecule is O=C(C#C[B-](F)(F)F)c1ccccc1.[K+]. The van der Waals surface area contributed by atoms with Gasteiger partial charge in [0.2, 0.25) is 5.78 Å². The van der Waals surface area contributed by atoms with E-state index in [2.05, 4.69) is 0 Å². The van der Waals surface area contributed by atoms with Gasteiger partial charge < -0.3 is 12.9 Å². The maximum absolute atomic E-state index is 11.7. The summed E-state index contributed by atoms with van der Waals surface area (Å²) in [5.74, 6) is 1.72. The number of ketones is 1. The number of carbonyl (C=O) groups is 1. The quantitative estimate of drug-likeness (QED) is 0.356. The van der Waals surface area contributed by atoms with Gasteiger partial charge in [0, 0.05) is 5.56 Å². The van der Waals surface area contributed by atoms with Crippen molar-refractivity contribution in [3.8, 4) is 11.7 Å². The first-order chi connectivity index (χ1) is 6.49. The van der Waals surface area contributed by atoms with Gasteiger partial charge in [-0.3, -0.25) is 4.79 Å². The maximum atomic E-state index is 11.7. The van der Waals surface area contributed by atoms with Gasteiger partial charge >= 0.3 is 58.4 Å². The molecular weight excluding hydrogens is 231 g/mol. The second-order valence-electron chi connectivity index (χ2n) is 2.54. The first kappa shape index (κ1) is 14.9. The number of hydrogen-bond acceptors (Lipinski definition) is 1. The molecule has 0 heterocycles. The van der Waals surface area contributed by atoms with Gasteiger partial charge in [-0.25, -0.2) is 0 Å². The van der Waals surface area contributed by atoms with E-state index in [0.29, 0.717) is 0 Å². The molecule has 0 radical (unpaired) electrons. The number of benzene rings is 1. The van der Waals surface area contributed by atoms with E-state index in [-0.39, 0.29) is 56.9 Å². The van der Waals surface area contributed by atoms with Crippen molar-refractivity contribution in [2.45, 2.75) is 0 Å². The van der Waals surface area contributed by atoms with Crippen molar-refractivity contribution >= 4 is 12.8 Å². The van der Waals surface area contributed by atoms with Gasteiger partial charge in [-0.2, -0.15) is 5.82 Å². The van der Waals surface area contributed by atoms with Gasteiger partial charge in [-0.1, -0.05) is 36.3 Å². The smallest absolute Gasteiger partial charge is 0.438 e. The second-order valence-corrected chi connectivity index (χ2v) is 2.54. The Kier molecular flexibility index (Phi) is 6.48. The van der Waals surface area contributed by atoms with Crippen molar-refractivity contribution in [3.63, 3.8) is 0 Å². The normalized spacial score (nSPS) is 9.53. The molecule has 0 saturated heterocycles. The van der Waals surface area contributed by atoms with Crippen LogP contribution in [0.25, 0.3) is 0 Å². The van der Waals surface area contributed by atoms with Gasteiger partial charge in [0.25, 0.3) is 0 Å². The third kappa shape index (κ3) is 6.18. The van der Waals surface area contributed by atoms with Crippen LogP contribution in [0.2, 0.25) is 0 Å². The van der Waals surface area contributed by atoms with Crippen molar-refractivity contribution in [3.05, 3.63) is 35.9 Å². The minimum Gasteiger partial charge on any atom is -0.438 e. The van der Waals surface area contributed by atoms with Crippen molar-refractivity contribution in [2.75, 3.05) is 0 Å². The van der Waals surface area contributed by atoms with Crippen LogP contribution in [0.5, 0.6) is 0 Å². The Balaban J connectivity index is 0.00000196. The number of halogens is 3. The Morgan fingerprint density at radius 1 is 1.13 bits per heavy atom. The Morgan fingerprint density at radius 2 is 1.67 bits per heavy atom. The molecule has 0 amide bonds. The van der Waals surface area contributed by atoms with Crippen LogP contribution >= 0.6 is 0 Å². The predicted octanol–water partition coefficient (Wildman–Crippen LogP) is -0.737. The molecule has 0 aliphatic carbocycles. The van der Waals surface area contributed by atoms with Gasteiger partial charge in [0.05, 0.1) is 0 Å². The Hall–Kier alpha value is -0.0587. The molecule has 0 unspecified atom stereocenters. The average molecular weight is 236 g/mol. The molecule has 0 fully saturated rings. The first-order valence-electron chi connectivity index (χ1n) is 3.81. The number of Topliss-reactive ketones (excluding diaryl/α,β-unsaturated/α-hetero) is 1. The standard InChI is InChI=1S/C9H5BF3O.K/c11-10(12,13)7-6-9(14)8-4-2-1-3-5-8;/h1-5H;/q-1;+1. The van der Waals surface area contributed by atoms with E-state index >= 15 is 0 Å². The zero-order valence-corrected chi connectivity index (χ0v) is 11.1. The molecule has 0 bridgehead atoms. The zero-order valence-electron chi connectivity index (χ0n) is 8.01. The summed E-state index contributed by atoms with van der Waals surface area (Å²) >= 11 is 0. The van der Waals surface area contributed by atoms with Gasteiger partial charge in [-0.05, 0) is 0 Å². The van der Waals surface area contributed by atoms with Crippen LogP contribution < -0.4 is 51.4 Å². The first-order valence-corrected chi connectivity index (χ1v) is 3.81. The van der Waals surface area contributed by atoms with E-state index in [0.717, 1.165) is 5.82 Å². The molecule has 1 rings (SSSR count). The fourth-order valence-corrected chi connectivity index (χ4v) is 0.809. The van der Waals surface area contributed by atoms with Gasteiger partial charge in [0.15, 0.2) is 0 Å². The third-order valence-electron chi connectivity index (χ3n) is 1.39. The van der Waals surface area contributed by atoms with E-state index < -0.39 is 12.8 Å². The van der Waals surface area contributed by atoms with Crippen LogP contribution in [0.3, 0.4) is 0 Å². The molecule has 0 aliphatic rings. The van der Waals surface area contributed by atoms with Crippen molar-refractivity contribution in [1.29, 1.82) is 0 Å². The number of hydrogen-bond donors (Lipinski definition) is 0. The molecule has 0 aromatic heterocycles. The minimum atomic E-state index is -5.21. The van der Waals surface area contributed by atoms with Crippen LogP contribution in [0, 0.1) is 11.7 Å². The molecule has 0 saturated carbocycles. The fraction of sp³-hybridized carbons (Fsp3) is 0. The topological polar surface area (TPSA) is 17.1 Å². The number of rotatable bonds is 1. The summed E-state index contributed by atoms with van der Waals surface area (Å²) in [4.78, 5) is 11.0. The molecule has 6 heteroatoms. The molecule has 1 aromatic rings. The minimum absolute atomic E-state index is 0. The van der Waals surface area contributed by atoms with Crippen LogP contribution in [-0.2, 0) is 0 Å². The molecule has 0 N–H and O–H groups in total. The summed E-state index contributed by atoms with van der Waals surface area (Å²) in [6.45, 7) is -5.21. The largest absolute Gasteiger partial charge is 1.00 e. The van der Waals surface area contributed by atoms with E-state index in [1.807, 2.05) is 0 Å². The molecule has 0 atom stereocenters. The van der Waals surface area contributed by atoms with Crippen molar-refractivity contribution in [2.24, 2.45) is 0 Å². The Bertz CT molecular complexity index is 391. The van der Waals surface area contributed by atoms with Crippen LogP contribution in [0.4, 0.5) is 12.9 Å². The van der Waals surface area contributed by atoms with E-state index in [9.17, 15) is 17.7 Å². The summed E-state index contributed by atoms with van der Waals surface area (Å²) in [7, 11) is 0. The maximum Gasteiger partial charge on any atom is 1.00 e. The summed E-state index contributed by atoms with van der Waals surface area (Å²) in [5.41, 5.74) is 0.167. The van der Waals surface area contributed by atoms with Gasteiger partial charge in [0.1, 0.15) is 0 Å². The predicted molar refractivity (Wildman–Crippen MR) is 47.6 cm³/mol. The molecule has 1 aromatic carbocycles.